The maximum absolute atomic E-state index is 13.2. The lowest BCUT2D eigenvalue weighted by Crippen LogP contribution is -2.34. The first-order valence-electron chi connectivity index (χ1n) is 7.14. The second-order valence-corrected chi connectivity index (χ2v) is 7.20. The highest BCUT2D eigenvalue weighted by atomic mass is 32.2. The summed E-state index contributed by atoms with van der Waals surface area (Å²) < 4.78 is 40.0. The molecule has 1 heterocycles. The van der Waals surface area contributed by atoms with E-state index in [9.17, 15) is 17.6 Å². The molecule has 1 N–H and O–H groups in total. The van der Waals surface area contributed by atoms with Crippen molar-refractivity contribution in [1.29, 1.82) is 0 Å². The van der Waals surface area contributed by atoms with Crippen molar-refractivity contribution in [2.75, 3.05) is 0 Å². The van der Waals surface area contributed by atoms with Crippen LogP contribution in [0.25, 0.3) is 0 Å². The van der Waals surface area contributed by atoms with Gasteiger partial charge in [0.1, 0.15) is 10.7 Å². The van der Waals surface area contributed by atoms with E-state index in [1.807, 2.05) is 0 Å². The summed E-state index contributed by atoms with van der Waals surface area (Å²) in [6.45, 7) is 1.63. The average Bonchev–Trinajstić information content (AvgIpc) is 2.90. The van der Waals surface area contributed by atoms with Gasteiger partial charge in [-0.15, -0.1) is 0 Å². The Balaban J connectivity index is 1.85. The number of pyridine rings is 1. The SMILES string of the molecule is Cc1ccncc1S(=O)(=O)NC(=O)C1CCc2cc(F)ccc21. The van der Waals surface area contributed by atoms with Crippen LogP contribution in [0.4, 0.5) is 4.39 Å². The Morgan fingerprint density at radius 3 is 2.87 bits per heavy atom. The molecule has 1 aliphatic rings. The number of nitrogens with zero attached hydrogens (tertiary/aromatic N) is 1. The summed E-state index contributed by atoms with van der Waals surface area (Å²) in [6, 6.07) is 5.78. The van der Waals surface area contributed by atoms with Crippen molar-refractivity contribution < 1.29 is 17.6 Å². The second kappa shape index (κ2) is 5.73. The fraction of sp³-hybridized carbons (Fsp3) is 0.250. The number of aromatic nitrogens is 1. The largest absolute Gasteiger partial charge is 0.273 e. The van der Waals surface area contributed by atoms with Crippen molar-refractivity contribution >= 4 is 15.9 Å². The van der Waals surface area contributed by atoms with Gasteiger partial charge in [-0.25, -0.2) is 17.5 Å². The molecule has 0 saturated carbocycles. The third kappa shape index (κ3) is 2.96. The third-order valence-electron chi connectivity index (χ3n) is 4.01. The monoisotopic (exact) mass is 334 g/mol. The molecule has 0 fully saturated rings. The topological polar surface area (TPSA) is 76.1 Å². The Kier molecular flexibility index (Phi) is 3.89. The lowest BCUT2D eigenvalue weighted by atomic mass is 10.0. The molecule has 1 aromatic heterocycles. The minimum atomic E-state index is -3.97. The van der Waals surface area contributed by atoms with Gasteiger partial charge in [-0.2, -0.15) is 0 Å². The van der Waals surface area contributed by atoms with Gasteiger partial charge in [-0.3, -0.25) is 9.78 Å². The van der Waals surface area contributed by atoms with E-state index in [0.29, 0.717) is 24.0 Å². The first kappa shape index (κ1) is 15.6. The van der Waals surface area contributed by atoms with Crippen molar-refractivity contribution in [3.8, 4) is 0 Å². The number of amides is 1. The van der Waals surface area contributed by atoms with Crippen LogP contribution in [0.5, 0.6) is 0 Å². The zero-order valence-electron chi connectivity index (χ0n) is 12.4. The summed E-state index contributed by atoms with van der Waals surface area (Å²) in [4.78, 5) is 16.2. The number of benzene rings is 1. The quantitative estimate of drug-likeness (QED) is 0.932. The van der Waals surface area contributed by atoms with Gasteiger partial charge in [-0.05, 0) is 54.7 Å². The van der Waals surface area contributed by atoms with Crippen LogP contribution in [0.3, 0.4) is 0 Å². The molecule has 3 rings (SSSR count). The summed E-state index contributed by atoms with van der Waals surface area (Å²) in [5, 5.41) is 0. The maximum atomic E-state index is 13.2. The van der Waals surface area contributed by atoms with Crippen LogP contribution in [-0.2, 0) is 21.2 Å². The van der Waals surface area contributed by atoms with Gasteiger partial charge in [0.25, 0.3) is 10.0 Å². The normalized spacial score (nSPS) is 16.9. The summed E-state index contributed by atoms with van der Waals surface area (Å²) in [5.41, 5.74) is 1.94. The molecule has 5 nitrogen and oxygen atoms in total. The molecule has 0 radical (unpaired) electrons. The average molecular weight is 334 g/mol. The Hall–Kier alpha value is -2.28. The van der Waals surface area contributed by atoms with Crippen molar-refractivity contribution in [1.82, 2.24) is 9.71 Å². The van der Waals surface area contributed by atoms with E-state index in [4.69, 9.17) is 0 Å². The van der Waals surface area contributed by atoms with Crippen molar-refractivity contribution in [3.05, 3.63) is 59.2 Å². The predicted octanol–water partition coefficient (Wildman–Crippen LogP) is 2.06. The van der Waals surface area contributed by atoms with Gasteiger partial charge in [-0.1, -0.05) is 6.07 Å². The summed E-state index contributed by atoms with van der Waals surface area (Å²) in [5.74, 6) is -1.54. The summed E-state index contributed by atoms with van der Waals surface area (Å²) in [7, 11) is -3.97. The highest BCUT2D eigenvalue weighted by Gasteiger charge is 2.32. The number of carbonyl (C=O) groups is 1. The molecule has 0 spiro atoms. The molecule has 1 aliphatic carbocycles. The van der Waals surface area contributed by atoms with Gasteiger partial charge >= 0.3 is 0 Å². The molecule has 0 bridgehead atoms. The van der Waals surface area contributed by atoms with Gasteiger partial charge in [0.05, 0.1) is 5.92 Å². The highest BCUT2D eigenvalue weighted by Crippen LogP contribution is 2.34. The van der Waals surface area contributed by atoms with E-state index in [1.54, 1.807) is 19.1 Å². The maximum Gasteiger partial charge on any atom is 0.265 e. The van der Waals surface area contributed by atoms with Crippen LogP contribution < -0.4 is 4.72 Å². The van der Waals surface area contributed by atoms with Crippen molar-refractivity contribution in [2.45, 2.75) is 30.6 Å². The molecule has 0 aliphatic heterocycles. The molecule has 120 valence electrons. The van der Waals surface area contributed by atoms with E-state index >= 15 is 0 Å². The molecule has 0 saturated heterocycles. The van der Waals surface area contributed by atoms with E-state index < -0.39 is 21.8 Å². The minimum Gasteiger partial charge on any atom is -0.273 e. The van der Waals surface area contributed by atoms with Crippen LogP contribution in [0.2, 0.25) is 0 Å². The molecule has 1 amide bonds. The number of carbonyl (C=O) groups excluding carboxylic acids is 1. The highest BCUT2D eigenvalue weighted by molar-refractivity contribution is 7.90. The molecule has 2 aromatic rings. The number of sulfonamides is 1. The first-order valence-corrected chi connectivity index (χ1v) is 8.62. The standard InChI is InChI=1S/C16H15FN2O3S/c1-10-6-7-18-9-15(10)23(21,22)19-16(20)14-4-2-11-8-12(17)3-5-13(11)14/h3,5-9,14H,2,4H2,1H3,(H,19,20). The van der Waals surface area contributed by atoms with Crippen LogP contribution in [0, 0.1) is 12.7 Å². The van der Waals surface area contributed by atoms with Gasteiger partial charge in [0, 0.05) is 12.4 Å². The van der Waals surface area contributed by atoms with E-state index in [1.165, 1.54) is 24.5 Å². The molecule has 7 heteroatoms. The Labute approximate surface area is 133 Å². The lowest BCUT2D eigenvalue weighted by molar-refractivity contribution is -0.120. The van der Waals surface area contributed by atoms with E-state index in [-0.39, 0.29) is 10.7 Å². The predicted molar refractivity (Wildman–Crippen MR) is 81.8 cm³/mol. The molecule has 1 atom stereocenters. The zero-order chi connectivity index (χ0) is 16.6. The van der Waals surface area contributed by atoms with Gasteiger partial charge in [0.15, 0.2) is 0 Å². The van der Waals surface area contributed by atoms with Crippen LogP contribution in [-0.4, -0.2) is 19.3 Å². The van der Waals surface area contributed by atoms with Crippen molar-refractivity contribution in [2.24, 2.45) is 0 Å². The first-order chi connectivity index (χ1) is 10.9. The number of hydrogen-bond donors (Lipinski definition) is 1. The Morgan fingerprint density at radius 1 is 1.35 bits per heavy atom. The number of halogens is 1. The van der Waals surface area contributed by atoms with Gasteiger partial charge < -0.3 is 0 Å². The number of hydrogen-bond acceptors (Lipinski definition) is 4. The van der Waals surface area contributed by atoms with Crippen LogP contribution >= 0.6 is 0 Å². The van der Waals surface area contributed by atoms with Crippen LogP contribution in [0.15, 0.2) is 41.6 Å². The Morgan fingerprint density at radius 2 is 2.13 bits per heavy atom. The minimum absolute atomic E-state index is 0.0225. The fourth-order valence-corrected chi connectivity index (χ4v) is 4.06. The number of nitrogens with one attached hydrogen (secondary N) is 1. The number of fused-ring (bicyclic) bond motifs is 1. The molecule has 1 aromatic carbocycles. The molecular formula is C16H15FN2O3S. The Bertz CT molecular complexity index is 881. The third-order valence-corrected chi connectivity index (χ3v) is 5.49. The fourth-order valence-electron chi connectivity index (χ4n) is 2.85. The molecular weight excluding hydrogens is 319 g/mol. The summed E-state index contributed by atoms with van der Waals surface area (Å²) >= 11 is 0. The van der Waals surface area contributed by atoms with E-state index in [0.717, 1.165) is 5.56 Å². The van der Waals surface area contributed by atoms with Crippen molar-refractivity contribution in [3.63, 3.8) is 0 Å². The van der Waals surface area contributed by atoms with Gasteiger partial charge in [0.2, 0.25) is 5.91 Å². The molecule has 23 heavy (non-hydrogen) atoms. The smallest absolute Gasteiger partial charge is 0.265 e. The zero-order valence-corrected chi connectivity index (χ0v) is 13.2. The van der Waals surface area contributed by atoms with Crippen LogP contribution in [0.1, 0.15) is 29.0 Å². The lowest BCUT2D eigenvalue weighted by Gasteiger charge is -2.13. The van der Waals surface area contributed by atoms with E-state index in [2.05, 4.69) is 9.71 Å². The molecule has 1 unspecified atom stereocenters. The number of rotatable bonds is 3. The number of aryl methyl sites for hydroxylation is 2. The second-order valence-electron chi connectivity index (χ2n) is 5.55. The summed E-state index contributed by atoms with van der Waals surface area (Å²) in [6.07, 6.45) is 3.71.